The lowest BCUT2D eigenvalue weighted by Gasteiger charge is -2.40. The predicted octanol–water partition coefficient (Wildman–Crippen LogP) is 3.92. The molecular weight excluding hydrogens is 1180 g/mol. The molecule has 25 heteroatoms. The van der Waals surface area contributed by atoms with Crippen LogP contribution < -0.4 is 31.9 Å². The van der Waals surface area contributed by atoms with Crippen molar-refractivity contribution in [2.45, 2.75) is 262 Å². The summed E-state index contributed by atoms with van der Waals surface area (Å²) in [6, 6.07) is -13.3. The zero-order valence-electron chi connectivity index (χ0n) is 60.5. The van der Waals surface area contributed by atoms with E-state index in [2.05, 4.69) is 31.9 Å². The number of hydrogen-bond donors (Lipinski definition) is 9. The second-order valence-electron chi connectivity index (χ2n) is 28.2. The van der Waals surface area contributed by atoms with E-state index in [-0.39, 0.29) is 73.5 Å². The standard InChI is InChI=1S/C67H123N11O14/c1-26-28-29-43(17)56(80)55(61(85)73-53(46(20)79)67(91)92)78(25)66(90)54(42(15)16)77(24)65(89)49(32-38(7)8)72-59(83)51(34-40(11)12)74(21)62(86)45(19)70-57(81)44(18)69-58(82)50(33-39(9)10)76(23)64(88)48(31-37(5)6)71-60(84)52(35-41(13)14)75(22)63(87)47(68-27-2)30-36(3)4/h26,28,36-56,68,79-80H,27,29-35H2,1-25H3,(H,69,82)(H,70,81)(H,71,84)(H,72,83)(H,73,85)(H,91,92)/t43-,44+,45-,46-,47-,48+,49+,50+,51+,52+,53+,54+,55+,56-/m1/s1. The number of aliphatic hydroxyl groups is 2. The number of carbonyl (C=O) groups is 11. The molecule has 10 amide bonds. The van der Waals surface area contributed by atoms with Gasteiger partial charge in [0, 0.05) is 35.2 Å². The molecule has 530 valence electrons. The maximum atomic E-state index is 14.8. The summed E-state index contributed by atoms with van der Waals surface area (Å²) in [6.45, 7) is 36.1. The summed E-state index contributed by atoms with van der Waals surface area (Å²) in [5.74, 6) is -9.73. The van der Waals surface area contributed by atoms with Crippen LogP contribution in [0.4, 0.5) is 0 Å². The Morgan fingerprint density at radius 2 is 0.750 bits per heavy atom. The Morgan fingerprint density at radius 1 is 0.402 bits per heavy atom. The van der Waals surface area contributed by atoms with Crippen molar-refractivity contribution in [2.24, 2.45) is 47.3 Å². The second-order valence-corrected chi connectivity index (χ2v) is 28.2. The first-order valence-corrected chi connectivity index (χ1v) is 33.2. The van der Waals surface area contributed by atoms with Gasteiger partial charge in [-0.1, -0.05) is 123 Å². The summed E-state index contributed by atoms with van der Waals surface area (Å²) in [5.41, 5.74) is 0. The number of aliphatic carboxylic acids is 1. The van der Waals surface area contributed by atoms with Crippen molar-refractivity contribution >= 4 is 65.0 Å². The van der Waals surface area contributed by atoms with Crippen molar-refractivity contribution in [1.29, 1.82) is 0 Å². The van der Waals surface area contributed by atoms with Crippen molar-refractivity contribution in [3.8, 4) is 0 Å². The lowest BCUT2D eigenvalue weighted by Crippen LogP contribution is -2.63. The Balaban J connectivity index is 6.90. The average Bonchev–Trinajstić information content (AvgIpc) is 0.850. The second kappa shape index (κ2) is 40.8. The lowest BCUT2D eigenvalue weighted by atomic mass is 9.91. The molecule has 0 spiro atoms. The maximum Gasteiger partial charge on any atom is 0.328 e. The van der Waals surface area contributed by atoms with Gasteiger partial charge in [-0.15, -0.1) is 0 Å². The Hall–Kier alpha value is -6.21. The van der Waals surface area contributed by atoms with E-state index in [1.807, 2.05) is 90.0 Å². The van der Waals surface area contributed by atoms with E-state index in [4.69, 9.17) is 0 Å². The number of carbonyl (C=O) groups excluding carboxylic acids is 10. The number of carboxylic acid groups (broad SMARTS) is 1. The number of rotatable bonds is 41. The van der Waals surface area contributed by atoms with Gasteiger partial charge in [-0.2, -0.15) is 0 Å². The van der Waals surface area contributed by atoms with E-state index < -0.39 is 150 Å². The number of likely N-dealkylation sites (N-methyl/N-ethyl adjacent to an activating group) is 6. The van der Waals surface area contributed by atoms with Gasteiger partial charge < -0.3 is 71.7 Å². The molecule has 0 bridgehead atoms. The highest BCUT2D eigenvalue weighted by atomic mass is 16.4. The number of aliphatic hydroxyl groups excluding tert-OH is 2. The van der Waals surface area contributed by atoms with E-state index in [0.29, 0.717) is 19.4 Å². The molecule has 0 aromatic rings. The molecule has 0 radical (unpaired) electrons. The van der Waals surface area contributed by atoms with Gasteiger partial charge in [-0.25, -0.2) is 4.79 Å². The van der Waals surface area contributed by atoms with Gasteiger partial charge in [0.1, 0.15) is 54.4 Å². The van der Waals surface area contributed by atoms with Gasteiger partial charge >= 0.3 is 5.97 Å². The van der Waals surface area contributed by atoms with E-state index in [1.54, 1.807) is 46.9 Å². The number of hydrogen-bond acceptors (Lipinski definition) is 14. The summed E-state index contributed by atoms with van der Waals surface area (Å²) in [6.07, 6.45) is 2.19. The van der Waals surface area contributed by atoms with Crippen LogP contribution in [-0.2, 0) is 52.7 Å². The van der Waals surface area contributed by atoms with Crippen LogP contribution in [0.15, 0.2) is 12.2 Å². The Labute approximate surface area is 550 Å². The SMILES string of the molecule is CC=CC[C@@H](C)[C@@H](O)[C@@H](C(=O)N[C@H](C(=O)O)[C@@H](C)O)N(C)C(=O)[C@H](C(C)C)N(C)C(=O)[C@H](CC(C)C)NC(=O)[C@H](CC(C)C)N(C)C(=O)[C@@H](C)NC(=O)[C@H](C)NC(=O)[C@H](CC(C)C)N(C)C(=O)[C@H](CC(C)C)NC(=O)[C@H](CC(C)C)N(C)C(=O)[C@@H](CC(C)C)NCC. The number of allylic oxidation sites excluding steroid dienone is 2. The number of nitrogens with one attached hydrogen (secondary N) is 6. The highest BCUT2D eigenvalue weighted by Crippen LogP contribution is 2.24. The Kier molecular flexibility index (Phi) is 38.0. The minimum atomic E-state index is -1.78. The maximum absolute atomic E-state index is 14.8. The van der Waals surface area contributed by atoms with Crippen LogP contribution in [0.5, 0.6) is 0 Å². The summed E-state index contributed by atoms with van der Waals surface area (Å²) in [4.78, 5) is 162. The lowest BCUT2D eigenvalue weighted by molar-refractivity contribution is -0.155. The molecule has 0 aromatic carbocycles. The highest BCUT2D eigenvalue weighted by molar-refractivity contribution is 5.99. The molecule has 14 atom stereocenters. The Bertz CT molecular complexity index is 2430. The van der Waals surface area contributed by atoms with Gasteiger partial charge in [0.15, 0.2) is 6.04 Å². The molecule has 0 aliphatic heterocycles. The van der Waals surface area contributed by atoms with E-state index in [0.717, 1.165) is 9.80 Å². The molecule has 0 rings (SSSR count). The molecule has 0 aromatic heterocycles. The molecule has 0 aliphatic carbocycles. The van der Waals surface area contributed by atoms with Gasteiger partial charge in [-0.05, 0) is 127 Å². The molecule has 0 fully saturated rings. The van der Waals surface area contributed by atoms with Gasteiger partial charge in [-0.3, -0.25) is 47.9 Å². The monoisotopic (exact) mass is 1310 g/mol. The average molecular weight is 1310 g/mol. The van der Waals surface area contributed by atoms with E-state index in [9.17, 15) is 68.1 Å². The molecule has 0 heterocycles. The molecule has 25 nitrogen and oxygen atoms in total. The third-order valence-electron chi connectivity index (χ3n) is 16.4. The first-order valence-electron chi connectivity index (χ1n) is 33.2. The molecule has 0 saturated carbocycles. The van der Waals surface area contributed by atoms with Crippen molar-refractivity contribution in [3.05, 3.63) is 12.2 Å². The minimum absolute atomic E-state index is 0.0140. The predicted molar refractivity (Wildman–Crippen MR) is 357 cm³/mol. The van der Waals surface area contributed by atoms with Crippen molar-refractivity contribution in [2.75, 3.05) is 41.8 Å². The van der Waals surface area contributed by atoms with Crippen LogP contribution in [0, 0.1) is 47.3 Å². The van der Waals surface area contributed by atoms with Crippen LogP contribution in [0.1, 0.15) is 183 Å². The van der Waals surface area contributed by atoms with Crippen LogP contribution in [-0.4, -0.2) is 225 Å². The third-order valence-corrected chi connectivity index (χ3v) is 16.4. The van der Waals surface area contributed by atoms with Crippen LogP contribution in [0.2, 0.25) is 0 Å². The molecule has 0 aliphatic rings. The third kappa shape index (κ3) is 27.4. The minimum Gasteiger partial charge on any atom is -0.480 e. The van der Waals surface area contributed by atoms with Gasteiger partial charge in [0.2, 0.25) is 59.1 Å². The van der Waals surface area contributed by atoms with Crippen LogP contribution in [0.3, 0.4) is 0 Å². The molecule has 0 saturated heterocycles. The largest absolute Gasteiger partial charge is 0.480 e. The number of amides is 10. The topological polar surface area (TPSA) is 337 Å². The van der Waals surface area contributed by atoms with Crippen LogP contribution >= 0.6 is 0 Å². The summed E-state index contributed by atoms with van der Waals surface area (Å²) < 4.78 is 0. The Morgan fingerprint density at radius 3 is 1.11 bits per heavy atom. The van der Waals surface area contributed by atoms with Crippen molar-refractivity contribution in [3.63, 3.8) is 0 Å². The molecule has 0 unspecified atom stereocenters. The molecular formula is C67H123N11O14. The number of nitrogens with zero attached hydrogens (tertiary/aromatic N) is 5. The van der Waals surface area contributed by atoms with Crippen molar-refractivity contribution in [1.82, 2.24) is 56.4 Å². The zero-order chi connectivity index (χ0) is 71.7. The van der Waals surface area contributed by atoms with Gasteiger partial charge in [0.05, 0.1) is 18.2 Å². The molecule has 92 heavy (non-hydrogen) atoms. The fourth-order valence-corrected chi connectivity index (χ4v) is 11.2. The number of carboxylic acids is 1. The highest BCUT2D eigenvalue weighted by Gasteiger charge is 2.45. The summed E-state index contributed by atoms with van der Waals surface area (Å²) in [7, 11) is 7.11. The normalized spacial score (nSPS) is 16.5. The van der Waals surface area contributed by atoms with E-state index >= 15 is 0 Å². The van der Waals surface area contributed by atoms with Crippen LogP contribution in [0.25, 0.3) is 0 Å². The summed E-state index contributed by atoms with van der Waals surface area (Å²) in [5, 5.41) is 48.3. The zero-order valence-corrected chi connectivity index (χ0v) is 60.5. The van der Waals surface area contributed by atoms with Gasteiger partial charge in [0.25, 0.3) is 0 Å². The smallest absolute Gasteiger partial charge is 0.328 e. The first kappa shape index (κ1) is 85.8. The fraction of sp³-hybridized carbons (Fsp3) is 0.806. The van der Waals surface area contributed by atoms with Crippen molar-refractivity contribution < 1.29 is 68.1 Å². The quantitative estimate of drug-likeness (QED) is 0.0392. The first-order chi connectivity index (χ1) is 42.4. The van der Waals surface area contributed by atoms with E-state index in [1.165, 1.54) is 63.7 Å². The summed E-state index contributed by atoms with van der Waals surface area (Å²) >= 11 is 0. The molecule has 9 N–H and O–H groups in total. The fourth-order valence-electron chi connectivity index (χ4n) is 11.2.